The van der Waals surface area contributed by atoms with Gasteiger partial charge in [-0.2, -0.15) is 0 Å². The number of carbonyl (C=O) groups excluding carboxylic acids is 3. The lowest BCUT2D eigenvalue weighted by Crippen LogP contribution is -2.54. The number of imide groups is 2. The van der Waals surface area contributed by atoms with Crippen LogP contribution in [0.4, 0.5) is 10.5 Å². The SMILES string of the molecule is COc1ccc(N2C(=O)NC(=O)/C(=C\c3ccc(OCc4cc(C)cc(C)c4)c(OC)c3)C2=O)cc1. The standard InChI is InChI=1S/C28H26N2O6/c1-17-11-18(2)13-20(12-17)16-36-24-10-5-19(15-25(24)35-4)14-23-26(31)29-28(33)30(27(23)32)21-6-8-22(34-3)9-7-21/h5-15H,16H2,1-4H3,(H,29,31,33)/b23-14+. The molecule has 0 atom stereocenters. The zero-order chi connectivity index (χ0) is 25.8. The van der Waals surface area contributed by atoms with Crippen LogP contribution in [-0.4, -0.2) is 32.1 Å². The molecule has 3 aromatic carbocycles. The summed E-state index contributed by atoms with van der Waals surface area (Å²) < 4.78 is 16.6. The maximum atomic E-state index is 13.1. The van der Waals surface area contributed by atoms with Crippen LogP contribution in [0.25, 0.3) is 6.08 Å². The molecule has 1 N–H and O–H groups in total. The first-order chi connectivity index (χ1) is 17.3. The van der Waals surface area contributed by atoms with Gasteiger partial charge in [-0.3, -0.25) is 14.9 Å². The van der Waals surface area contributed by atoms with E-state index in [9.17, 15) is 14.4 Å². The number of barbiturate groups is 1. The zero-order valence-corrected chi connectivity index (χ0v) is 20.5. The Labute approximate surface area is 209 Å². The summed E-state index contributed by atoms with van der Waals surface area (Å²) in [6.45, 7) is 4.43. The van der Waals surface area contributed by atoms with E-state index < -0.39 is 17.8 Å². The second-order valence-electron chi connectivity index (χ2n) is 8.35. The van der Waals surface area contributed by atoms with Crippen LogP contribution >= 0.6 is 0 Å². The van der Waals surface area contributed by atoms with E-state index in [1.807, 2.05) is 13.8 Å². The van der Waals surface area contributed by atoms with Crippen LogP contribution in [0.5, 0.6) is 17.2 Å². The number of carbonyl (C=O) groups is 3. The third-order valence-corrected chi connectivity index (χ3v) is 5.61. The summed E-state index contributed by atoms with van der Waals surface area (Å²) in [6, 6.07) is 16.9. The normalized spacial score (nSPS) is 14.6. The topological polar surface area (TPSA) is 94.2 Å². The number of aryl methyl sites for hydroxylation is 2. The average Bonchev–Trinajstić information content (AvgIpc) is 2.85. The Balaban J connectivity index is 1.58. The van der Waals surface area contributed by atoms with Crippen LogP contribution in [0.3, 0.4) is 0 Å². The summed E-state index contributed by atoms with van der Waals surface area (Å²) in [6.07, 6.45) is 1.41. The van der Waals surface area contributed by atoms with Gasteiger partial charge < -0.3 is 14.2 Å². The predicted molar refractivity (Wildman–Crippen MR) is 135 cm³/mol. The molecule has 0 unspecified atom stereocenters. The fourth-order valence-electron chi connectivity index (χ4n) is 4.00. The number of hydrogen-bond acceptors (Lipinski definition) is 6. The van der Waals surface area contributed by atoms with E-state index in [2.05, 4.69) is 23.5 Å². The molecule has 0 aliphatic carbocycles. The maximum Gasteiger partial charge on any atom is 0.335 e. The van der Waals surface area contributed by atoms with Gasteiger partial charge in [0.2, 0.25) is 0 Å². The molecule has 36 heavy (non-hydrogen) atoms. The summed E-state index contributed by atoms with van der Waals surface area (Å²) in [5.74, 6) is 0.0306. The lowest BCUT2D eigenvalue weighted by Gasteiger charge is -2.26. The van der Waals surface area contributed by atoms with E-state index in [0.29, 0.717) is 35.1 Å². The number of nitrogens with one attached hydrogen (secondary N) is 1. The van der Waals surface area contributed by atoms with Crippen LogP contribution in [0.15, 0.2) is 66.2 Å². The Morgan fingerprint density at radius 2 is 1.53 bits per heavy atom. The largest absolute Gasteiger partial charge is 0.497 e. The molecule has 184 valence electrons. The minimum Gasteiger partial charge on any atom is -0.497 e. The highest BCUT2D eigenvalue weighted by atomic mass is 16.5. The molecule has 1 aliphatic heterocycles. The quantitative estimate of drug-likeness (QED) is 0.389. The molecule has 0 radical (unpaired) electrons. The lowest BCUT2D eigenvalue weighted by molar-refractivity contribution is -0.122. The molecule has 0 aromatic heterocycles. The number of urea groups is 1. The highest BCUT2D eigenvalue weighted by Gasteiger charge is 2.36. The van der Waals surface area contributed by atoms with Gasteiger partial charge >= 0.3 is 6.03 Å². The van der Waals surface area contributed by atoms with Gasteiger partial charge in [-0.25, -0.2) is 9.69 Å². The summed E-state index contributed by atoms with van der Waals surface area (Å²) in [5, 5.41) is 2.22. The molecule has 4 rings (SSSR count). The molecule has 4 amide bonds. The van der Waals surface area contributed by atoms with Crippen molar-refractivity contribution in [2.45, 2.75) is 20.5 Å². The van der Waals surface area contributed by atoms with Gasteiger partial charge in [0.15, 0.2) is 11.5 Å². The first-order valence-corrected chi connectivity index (χ1v) is 11.2. The summed E-state index contributed by atoms with van der Waals surface area (Å²) >= 11 is 0. The molecular weight excluding hydrogens is 460 g/mol. The number of nitrogens with zero attached hydrogens (tertiary/aromatic N) is 1. The molecule has 1 fully saturated rings. The van der Waals surface area contributed by atoms with E-state index in [0.717, 1.165) is 21.6 Å². The number of hydrogen-bond donors (Lipinski definition) is 1. The summed E-state index contributed by atoms with van der Waals surface area (Å²) in [5.41, 5.74) is 4.00. The van der Waals surface area contributed by atoms with E-state index in [-0.39, 0.29) is 5.57 Å². The number of methoxy groups -OCH3 is 2. The van der Waals surface area contributed by atoms with Crippen molar-refractivity contribution in [2.75, 3.05) is 19.1 Å². The number of ether oxygens (including phenoxy) is 3. The Morgan fingerprint density at radius 1 is 0.833 bits per heavy atom. The molecule has 8 nitrogen and oxygen atoms in total. The zero-order valence-electron chi connectivity index (χ0n) is 20.5. The fraction of sp³-hybridized carbons (Fsp3) is 0.179. The van der Waals surface area contributed by atoms with Crippen molar-refractivity contribution in [1.82, 2.24) is 5.32 Å². The van der Waals surface area contributed by atoms with E-state index in [4.69, 9.17) is 14.2 Å². The second kappa shape index (κ2) is 10.4. The van der Waals surface area contributed by atoms with Crippen molar-refractivity contribution < 1.29 is 28.6 Å². The van der Waals surface area contributed by atoms with Crippen molar-refractivity contribution in [3.05, 3.63) is 88.5 Å². The monoisotopic (exact) mass is 486 g/mol. The molecule has 0 bridgehead atoms. The molecule has 3 aromatic rings. The van der Waals surface area contributed by atoms with E-state index >= 15 is 0 Å². The third kappa shape index (κ3) is 5.22. The van der Waals surface area contributed by atoms with Crippen molar-refractivity contribution in [2.24, 2.45) is 0 Å². The van der Waals surface area contributed by atoms with Crippen LogP contribution in [-0.2, 0) is 16.2 Å². The van der Waals surface area contributed by atoms with Gasteiger partial charge in [0.05, 0.1) is 19.9 Å². The van der Waals surface area contributed by atoms with Crippen LogP contribution < -0.4 is 24.4 Å². The predicted octanol–water partition coefficient (Wildman–Crippen LogP) is 4.57. The second-order valence-corrected chi connectivity index (χ2v) is 8.35. The highest BCUT2D eigenvalue weighted by molar-refractivity contribution is 6.39. The van der Waals surface area contributed by atoms with Crippen molar-refractivity contribution in [3.63, 3.8) is 0 Å². The molecule has 1 heterocycles. The van der Waals surface area contributed by atoms with Crippen LogP contribution in [0.1, 0.15) is 22.3 Å². The van der Waals surface area contributed by atoms with Crippen LogP contribution in [0, 0.1) is 13.8 Å². The number of benzene rings is 3. The Morgan fingerprint density at radius 3 is 2.17 bits per heavy atom. The Hall–Kier alpha value is -4.59. The van der Waals surface area contributed by atoms with Gasteiger partial charge in [0.25, 0.3) is 11.8 Å². The van der Waals surface area contributed by atoms with Gasteiger partial charge in [-0.05, 0) is 67.4 Å². The number of anilines is 1. The van der Waals surface area contributed by atoms with Gasteiger partial charge in [0, 0.05) is 0 Å². The van der Waals surface area contributed by atoms with Crippen molar-refractivity contribution in [1.29, 1.82) is 0 Å². The minimum absolute atomic E-state index is 0.184. The first-order valence-electron chi connectivity index (χ1n) is 11.2. The maximum absolute atomic E-state index is 13.1. The number of amides is 4. The molecule has 0 saturated carbocycles. The minimum atomic E-state index is -0.819. The summed E-state index contributed by atoms with van der Waals surface area (Å²) in [4.78, 5) is 39.0. The fourth-order valence-corrected chi connectivity index (χ4v) is 4.00. The first kappa shape index (κ1) is 24.5. The molecular formula is C28H26N2O6. The Bertz CT molecular complexity index is 1340. The van der Waals surface area contributed by atoms with Gasteiger partial charge in [-0.15, -0.1) is 0 Å². The third-order valence-electron chi connectivity index (χ3n) is 5.61. The lowest BCUT2D eigenvalue weighted by atomic mass is 10.1. The number of rotatable bonds is 7. The van der Waals surface area contributed by atoms with Gasteiger partial charge in [0.1, 0.15) is 17.9 Å². The molecule has 0 spiro atoms. The van der Waals surface area contributed by atoms with Crippen molar-refractivity contribution in [3.8, 4) is 17.2 Å². The molecule has 1 aliphatic rings. The van der Waals surface area contributed by atoms with E-state index in [1.54, 1.807) is 42.5 Å². The smallest absolute Gasteiger partial charge is 0.335 e. The molecule has 1 saturated heterocycles. The highest BCUT2D eigenvalue weighted by Crippen LogP contribution is 2.31. The molecule has 8 heteroatoms. The van der Waals surface area contributed by atoms with Crippen LogP contribution in [0.2, 0.25) is 0 Å². The summed E-state index contributed by atoms with van der Waals surface area (Å²) in [7, 11) is 3.03. The van der Waals surface area contributed by atoms with E-state index in [1.165, 1.54) is 20.3 Å². The van der Waals surface area contributed by atoms with Gasteiger partial charge in [-0.1, -0.05) is 35.4 Å². The van der Waals surface area contributed by atoms with Crippen molar-refractivity contribution >= 4 is 29.6 Å². The average molecular weight is 487 g/mol. The Kier molecular flexibility index (Phi) is 7.05.